The average Bonchev–Trinajstić information content (AvgIpc) is 3.30. The Morgan fingerprint density at radius 1 is 1.06 bits per heavy atom. The summed E-state index contributed by atoms with van der Waals surface area (Å²) in [5, 5.41) is 9.35. The van der Waals surface area contributed by atoms with Crippen LogP contribution in [0.15, 0.2) is 65.3 Å². The number of furan rings is 1. The van der Waals surface area contributed by atoms with Gasteiger partial charge in [-0.1, -0.05) is 29.3 Å². The van der Waals surface area contributed by atoms with Crippen LogP contribution >= 0.6 is 35.4 Å². The summed E-state index contributed by atoms with van der Waals surface area (Å²) in [5.74, 6) is 0.645. The molecule has 0 aliphatic rings. The van der Waals surface area contributed by atoms with Gasteiger partial charge in [0, 0.05) is 22.7 Å². The summed E-state index contributed by atoms with van der Waals surface area (Å²) in [6, 6.07) is 15.2. The van der Waals surface area contributed by atoms with Gasteiger partial charge in [-0.3, -0.25) is 9.59 Å². The summed E-state index contributed by atoms with van der Waals surface area (Å²) in [5.41, 5.74) is 1.02. The number of thiocarbonyl (C=S) groups is 1. The van der Waals surface area contributed by atoms with Crippen LogP contribution in [0.1, 0.15) is 29.0 Å². The number of hydrogen-bond donors (Lipinski definition) is 3. The fourth-order valence-corrected chi connectivity index (χ4v) is 3.47. The van der Waals surface area contributed by atoms with Crippen LogP contribution in [0.3, 0.4) is 0 Å². The van der Waals surface area contributed by atoms with Crippen molar-refractivity contribution in [3.05, 3.63) is 82.2 Å². The summed E-state index contributed by atoms with van der Waals surface area (Å²) in [4.78, 5) is 24.5. The topological polar surface area (TPSA) is 92.6 Å². The van der Waals surface area contributed by atoms with Crippen LogP contribution in [0.25, 0.3) is 0 Å². The van der Waals surface area contributed by atoms with Gasteiger partial charge in [-0.2, -0.15) is 0 Å². The van der Waals surface area contributed by atoms with Crippen LogP contribution in [0.4, 0.5) is 5.69 Å². The average molecular weight is 506 g/mol. The van der Waals surface area contributed by atoms with E-state index in [-0.39, 0.29) is 29.9 Å². The number of carbonyl (C=O) groups excluding carboxylic acids is 2. The lowest BCUT2D eigenvalue weighted by molar-refractivity contribution is -0.119. The molecule has 1 heterocycles. The molecule has 0 radical (unpaired) electrons. The minimum absolute atomic E-state index is 0.134. The van der Waals surface area contributed by atoms with E-state index < -0.39 is 0 Å². The Balaban J connectivity index is 1.40. The molecule has 3 aromatic rings. The largest absolute Gasteiger partial charge is 0.492 e. The molecule has 0 atom stereocenters. The van der Waals surface area contributed by atoms with Gasteiger partial charge in [0.25, 0.3) is 5.91 Å². The molecule has 10 heteroatoms. The van der Waals surface area contributed by atoms with E-state index in [0.29, 0.717) is 45.8 Å². The van der Waals surface area contributed by atoms with Crippen molar-refractivity contribution in [2.24, 2.45) is 0 Å². The van der Waals surface area contributed by atoms with Gasteiger partial charge in [0.2, 0.25) is 5.91 Å². The molecule has 7 nitrogen and oxygen atoms in total. The first-order valence-electron chi connectivity index (χ1n) is 10.00. The summed E-state index contributed by atoms with van der Waals surface area (Å²) in [6.07, 6.45) is 2.23. The van der Waals surface area contributed by atoms with Crippen molar-refractivity contribution in [1.29, 1.82) is 0 Å². The van der Waals surface area contributed by atoms with Crippen LogP contribution in [0.5, 0.6) is 5.75 Å². The fourth-order valence-electron chi connectivity index (χ4n) is 2.78. The molecule has 2 aromatic carbocycles. The van der Waals surface area contributed by atoms with E-state index in [1.54, 1.807) is 60.9 Å². The van der Waals surface area contributed by atoms with Gasteiger partial charge in [-0.05, 0) is 67.2 Å². The Bertz CT molecular complexity index is 1120. The van der Waals surface area contributed by atoms with Crippen molar-refractivity contribution >= 4 is 58.0 Å². The van der Waals surface area contributed by atoms with Gasteiger partial charge in [0.1, 0.15) is 11.5 Å². The van der Waals surface area contributed by atoms with E-state index in [2.05, 4.69) is 16.0 Å². The Morgan fingerprint density at radius 2 is 1.91 bits per heavy atom. The quantitative estimate of drug-likeness (QED) is 0.273. The van der Waals surface area contributed by atoms with E-state index in [0.717, 1.165) is 0 Å². The van der Waals surface area contributed by atoms with Crippen LogP contribution in [0.2, 0.25) is 10.0 Å². The Kier molecular flexibility index (Phi) is 9.12. The zero-order chi connectivity index (χ0) is 23.6. The first-order valence-corrected chi connectivity index (χ1v) is 11.2. The van der Waals surface area contributed by atoms with Crippen molar-refractivity contribution in [2.45, 2.75) is 19.4 Å². The third-order valence-corrected chi connectivity index (χ3v) is 5.07. The molecule has 0 spiro atoms. The van der Waals surface area contributed by atoms with E-state index in [4.69, 9.17) is 44.6 Å². The van der Waals surface area contributed by atoms with Gasteiger partial charge in [0.05, 0.1) is 24.4 Å². The molecule has 0 fully saturated rings. The highest BCUT2D eigenvalue weighted by molar-refractivity contribution is 7.80. The van der Waals surface area contributed by atoms with Gasteiger partial charge < -0.3 is 25.1 Å². The second kappa shape index (κ2) is 12.2. The van der Waals surface area contributed by atoms with Crippen LogP contribution < -0.4 is 20.7 Å². The molecular formula is C23H21Cl2N3O4S. The number of benzene rings is 2. The number of anilines is 1. The van der Waals surface area contributed by atoms with E-state index >= 15 is 0 Å². The monoisotopic (exact) mass is 505 g/mol. The molecule has 0 aliphatic carbocycles. The molecule has 3 rings (SSSR count). The number of halogens is 2. The second-order valence-corrected chi connectivity index (χ2v) is 8.12. The maximum absolute atomic E-state index is 12.3. The normalized spacial score (nSPS) is 10.4. The number of ether oxygens (including phenoxy) is 1. The summed E-state index contributed by atoms with van der Waals surface area (Å²) in [6.45, 7) is 0.593. The summed E-state index contributed by atoms with van der Waals surface area (Å²) in [7, 11) is 0. The van der Waals surface area contributed by atoms with E-state index in [1.807, 2.05) is 0 Å². The number of rotatable bonds is 9. The van der Waals surface area contributed by atoms with Gasteiger partial charge in [-0.15, -0.1) is 0 Å². The fraction of sp³-hybridized carbons (Fsp3) is 0.174. The number of hydrogen-bond acceptors (Lipinski definition) is 5. The smallest absolute Gasteiger partial charge is 0.251 e. The lowest BCUT2D eigenvalue weighted by atomic mass is 10.2. The predicted octanol–water partition coefficient (Wildman–Crippen LogP) is 5.19. The zero-order valence-electron chi connectivity index (χ0n) is 17.4. The Labute approximate surface area is 206 Å². The molecule has 0 saturated heterocycles. The lowest BCUT2D eigenvalue weighted by Crippen LogP contribution is -2.34. The first-order chi connectivity index (χ1) is 15.9. The molecule has 2 amide bonds. The predicted molar refractivity (Wildman–Crippen MR) is 132 cm³/mol. The second-order valence-electron chi connectivity index (χ2n) is 6.87. The molecule has 0 unspecified atom stereocenters. The van der Waals surface area contributed by atoms with Crippen molar-refractivity contribution in [2.75, 3.05) is 11.9 Å². The Hall–Kier alpha value is -3.07. The maximum Gasteiger partial charge on any atom is 0.251 e. The van der Waals surface area contributed by atoms with Gasteiger partial charge in [0.15, 0.2) is 5.11 Å². The standard InChI is InChI=1S/C23H21Cl2N3O4S/c24-16-8-9-20(19(25)13-16)32-11-3-7-21(29)28-23(33)27-17-5-1-4-15(12-17)22(30)26-14-18-6-2-10-31-18/h1-2,4-6,8-10,12-13H,3,7,11,14H2,(H,26,30)(H2,27,28,29,33). The molecule has 0 aliphatic heterocycles. The van der Waals surface area contributed by atoms with Crippen molar-refractivity contribution in [3.8, 4) is 5.75 Å². The first kappa shape index (κ1) is 24.6. The SMILES string of the molecule is O=C(CCCOc1ccc(Cl)cc1Cl)NC(=S)Nc1cccc(C(=O)NCc2ccco2)c1. The van der Waals surface area contributed by atoms with E-state index in [9.17, 15) is 9.59 Å². The minimum atomic E-state index is -0.259. The van der Waals surface area contributed by atoms with E-state index in [1.165, 1.54) is 0 Å². The molecular weight excluding hydrogens is 485 g/mol. The molecule has 3 N–H and O–H groups in total. The van der Waals surface area contributed by atoms with Gasteiger partial charge >= 0.3 is 0 Å². The van der Waals surface area contributed by atoms with Crippen LogP contribution in [0, 0.1) is 0 Å². The highest BCUT2D eigenvalue weighted by Gasteiger charge is 2.10. The van der Waals surface area contributed by atoms with Crippen molar-refractivity contribution in [3.63, 3.8) is 0 Å². The molecule has 0 saturated carbocycles. The highest BCUT2D eigenvalue weighted by atomic mass is 35.5. The van der Waals surface area contributed by atoms with Crippen molar-refractivity contribution < 1.29 is 18.7 Å². The van der Waals surface area contributed by atoms with Crippen LogP contribution in [-0.2, 0) is 11.3 Å². The number of nitrogens with one attached hydrogen (secondary N) is 3. The Morgan fingerprint density at radius 3 is 2.67 bits per heavy atom. The van der Waals surface area contributed by atoms with Crippen LogP contribution in [-0.4, -0.2) is 23.5 Å². The summed E-state index contributed by atoms with van der Waals surface area (Å²) < 4.78 is 10.8. The third kappa shape index (κ3) is 8.09. The maximum atomic E-state index is 12.3. The number of carbonyl (C=O) groups is 2. The third-order valence-electron chi connectivity index (χ3n) is 4.34. The molecule has 0 bridgehead atoms. The van der Waals surface area contributed by atoms with Gasteiger partial charge in [-0.25, -0.2) is 0 Å². The highest BCUT2D eigenvalue weighted by Crippen LogP contribution is 2.27. The molecule has 172 valence electrons. The zero-order valence-corrected chi connectivity index (χ0v) is 19.7. The molecule has 1 aromatic heterocycles. The summed E-state index contributed by atoms with van der Waals surface area (Å²) >= 11 is 17.1. The number of amides is 2. The minimum Gasteiger partial charge on any atom is -0.492 e. The molecule has 33 heavy (non-hydrogen) atoms. The van der Waals surface area contributed by atoms with Crippen molar-refractivity contribution in [1.82, 2.24) is 10.6 Å². The lowest BCUT2D eigenvalue weighted by Gasteiger charge is -2.11.